The molecule has 26 heavy (non-hydrogen) atoms. The van der Waals surface area contributed by atoms with Crippen LogP contribution in [-0.2, 0) is 27.4 Å². The fourth-order valence-electron chi connectivity index (χ4n) is 2.80. The van der Waals surface area contributed by atoms with E-state index in [1.165, 1.54) is 0 Å². The smallest absolute Gasteiger partial charge is 0.338 e. The summed E-state index contributed by atoms with van der Waals surface area (Å²) in [6.07, 6.45) is 0.651. The van der Waals surface area contributed by atoms with Crippen LogP contribution in [0.5, 0.6) is 0 Å². The number of amides is 2. The van der Waals surface area contributed by atoms with Gasteiger partial charge in [0.05, 0.1) is 23.1 Å². The number of esters is 1. The second-order valence-corrected chi connectivity index (χ2v) is 6.10. The molecule has 0 spiro atoms. The van der Waals surface area contributed by atoms with Gasteiger partial charge in [0.15, 0.2) is 0 Å². The summed E-state index contributed by atoms with van der Waals surface area (Å²) < 4.78 is 5.26. The highest BCUT2D eigenvalue weighted by molar-refractivity contribution is 6.03. The molecule has 0 radical (unpaired) electrons. The number of rotatable bonds is 5. The number of carbonyl (C=O) groups is 3. The summed E-state index contributed by atoms with van der Waals surface area (Å²) in [5.74, 6) is -1.32. The molecular weight excluding hydrogens is 332 g/mol. The highest BCUT2D eigenvalue weighted by Crippen LogP contribution is 2.18. The molecule has 0 aromatic heterocycles. The molecule has 3 rings (SSSR count). The van der Waals surface area contributed by atoms with Crippen molar-refractivity contribution in [1.82, 2.24) is 5.32 Å². The van der Waals surface area contributed by atoms with Gasteiger partial charge in [0.25, 0.3) is 0 Å². The van der Waals surface area contributed by atoms with Crippen molar-refractivity contribution in [2.45, 2.75) is 19.4 Å². The first-order chi connectivity index (χ1) is 12.5. The van der Waals surface area contributed by atoms with E-state index in [1.807, 2.05) is 6.07 Å². The van der Waals surface area contributed by atoms with Crippen molar-refractivity contribution >= 4 is 17.8 Å². The van der Waals surface area contributed by atoms with Gasteiger partial charge >= 0.3 is 5.97 Å². The fraction of sp³-hybridized carbons (Fsp3) is 0.200. The van der Waals surface area contributed by atoms with Gasteiger partial charge in [-0.05, 0) is 41.8 Å². The van der Waals surface area contributed by atoms with E-state index in [2.05, 4.69) is 5.32 Å². The number of ether oxygens (including phenoxy) is 1. The number of nitrogens with one attached hydrogen (secondary N) is 1. The standard InChI is InChI=1S/C20H16N2O4/c21-11-14-2-1-3-15(8-14)12-26-20(25)16-6-4-13(5-7-16)9-17-10-18(23)22-19(17)24/h1-8,17H,9-10,12H2,(H,22,23,24). The topological polar surface area (TPSA) is 96.3 Å². The molecule has 2 aromatic carbocycles. The summed E-state index contributed by atoms with van der Waals surface area (Å²) in [5.41, 5.74) is 2.53. The van der Waals surface area contributed by atoms with E-state index in [9.17, 15) is 14.4 Å². The molecule has 1 aliphatic rings. The summed E-state index contributed by atoms with van der Waals surface area (Å²) in [7, 11) is 0. The molecule has 130 valence electrons. The molecule has 1 aliphatic heterocycles. The first kappa shape index (κ1) is 17.4. The van der Waals surface area contributed by atoms with Crippen LogP contribution in [0, 0.1) is 17.2 Å². The van der Waals surface area contributed by atoms with Crippen LogP contribution in [-0.4, -0.2) is 17.8 Å². The predicted octanol–water partition coefficient (Wildman–Crippen LogP) is 2.12. The van der Waals surface area contributed by atoms with E-state index in [-0.39, 0.29) is 30.8 Å². The monoisotopic (exact) mass is 348 g/mol. The molecule has 1 atom stereocenters. The first-order valence-electron chi connectivity index (χ1n) is 8.14. The van der Waals surface area contributed by atoms with E-state index in [0.29, 0.717) is 17.5 Å². The molecule has 0 aliphatic carbocycles. The SMILES string of the molecule is N#Cc1cccc(COC(=O)c2ccc(CC3CC(=O)NC3=O)cc2)c1. The summed E-state index contributed by atoms with van der Waals surface area (Å²) in [5, 5.41) is 11.2. The number of benzene rings is 2. The molecule has 0 bridgehead atoms. The Morgan fingerprint density at radius 2 is 1.92 bits per heavy atom. The van der Waals surface area contributed by atoms with Crippen molar-refractivity contribution in [3.63, 3.8) is 0 Å². The van der Waals surface area contributed by atoms with Crippen LogP contribution < -0.4 is 5.32 Å². The Morgan fingerprint density at radius 3 is 2.58 bits per heavy atom. The van der Waals surface area contributed by atoms with E-state index < -0.39 is 5.97 Å². The minimum Gasteiger partial charge on any atom is -0.457 e. The maximum absolute atomic E-state index is 12.1. The summed E-state index contributed by atoms with van der Waals surface area (Å²) in [6.45, 7) is 0.0838. The van der Waals surface area contributed by atoms with Gasteiger partial charge in [-0.3, -0.25) is 14.9 Å². The molecule has 1 N–H and O–H groups in total. The van der Waals surface area contributed by atoms with Crippen LogP contribution in [0.2, 0.25) is 0 Å². The molecule has 6 heteroatoms. The van der Waals surface area contributed by atoms with E-state index in [1.54, 1.807) is 48.5 Å². The molecule has 1 fully saturated rings. The number of nitrogens with zero attached hydrogens (tertiary/aromatic N) is 1. The minimum absolute atomic E-state index is 0.0838. The molecule has 1 saturated heterocycles. The Hall–Kier alpha value is -3.46. The molecule has 2 amide bonds. The quantitative estimate of drug-likeness (QED) is 0.659. The van der Waals surface area contributed by atoms with Crippen molar-refractivity contribution in [3.8, 4) is 6.07 Å². The van der Waals surface area contributed by atoms with Crippen molar-refractivity contribution in [2.75, 3.05) is 0 Å². The lowest BCUT2D eigenvalue weighted by atomic mass is 9.97. The van der Waals surface area contributed by atoms with Crippen molar-refractivity contribution in [1.29, 1.82) is 5.26 Å². The molecule has 6 nitrogen and oxygen atoms in total. The number of nitriles is 1. The van der Waals surface area contributed by atoms with Gasteiger partial charge in [-0.1, -0.05) is 24.3 Å². The lowest BCUT2D eigenvalue weighted by molar-refractivity contribution is -0.125. The van der Waals surface area contributed by atoms with Gasteiger partial charge in [0.1, 0.15) is 6.61 Å². The zero-order chi connectivity index (χ0) is 18.5. The normalized spacial score (nSPS) is 16.0. The molecule has 0 saturated carbocycles. The maximum Gasteiger partial charge on any atom is 0.338 e. The van der Waals surface area contributed by atoms with Gasteiger partial charge in [0.2, 0.25) is 11.8 Å². The predicted molar refractivity (Wildman–Crippen MR) is 91.7 cm³/mol. The molecule has 2 aromatic rings. The van der Waals surface area contributed by atoms with Gasteiger partial charge in [-0.25, -0.2) is 4.79 Å². The molecule has 1 unspecified atom stereocenters. The van der Waals surface area contributed by atoms with Gasteiger partial charge in [-0.15, -0.1) is 0 Å². The Kier molecular flexibility index (Phi) is 5.09. The second kappa shape index (κ2) is 7.62. The van der Waals surface area contributed by atoms with Crippen molar-refractivity contribution in [3.05, 3.63) is 70.8 Å². The van der Waals surface area contributed by atoms with Crippen molar-refractivity contribution in [2.24, 2.45) is 5.92 Å². The Labute approximate surface area is 150 Å². The molecular formula is C20H16N2O4. The number of hydrogen-bond acceptors (Lipinski definition) is 5. The lowest BCUT2D eigenvalue weighted by Gasteiger charge is -2.08. The summed E-state index contributed by atoms with van der Waals surface area (Å²) in [6, 6.07) is 15.7. The Balaban J connectivity index is 1.57. The average Bonchev–Trinajstić information content (AvgIpc) is 2.97. The fourth-order valence-corrected chi connectivity index (χ4v) is 2.80. The third-order valence-corrected chi connectivity index (χ3v) is 4.16. The van der Waals surface area contributed by atoms with Crippen LogP contribution in [0.25, 0.3) is 0 Å². The van der Waals surface area contributed by atoms with Crippen LogP contribution >= 0.6 is 0 Å². The highest BCUT2D eigenvalue weighted by atomic mass is 16.5. The molecule has 1 heterocycles. The third kappa shape index (κ3) is 4.14. The minimum atomic E-state index is -0.465. The number of imide groups is 1. The van der Waals surface area contributed by atoms with Crippen LogP contribution in [0.1, 0.15) is 33.5 Å². The Bertz CT molecular complexity index is 897. The van der Waals surface area contributed by atoms with E-state index in [0.717, 1.165) is 11.1 Å². The van der Waals surface area contributed by atoms with Crippen LogP contribution in [0.4, 0.5) is 0 Å². The second-order valence-electron chi connectivity index (χ2n) is 6.10. The number of carbonyl (C=O) groups excluding carboxylic acids is 3. The van der Waals surface area contributed by atoms with Gasteiger partial charge in [0, 0.05) is 6.42 Å². The zero-order valence-electron chi connectivity index (χ0n) is 13.9. The summed E-state index contributed by atoms with van der Waals surface area (Å²) in [4.78, 5) is 34.9. The number of hydrogen-bond donors (Lipinski definition) is 1. The maximum atomic E-state index is 12.1. The van der Waals surface area contributed by atoms with Gasteiger partial charge < -0.3 is 4.74 Å². The Morgan fingerprint density at radius 1 is 1.15 bits per heavy atom. The summed E-state index contributed by atoms with van der Waals surface area (Å²) >= 11 is 0. The largest absolute Gasteiger partial charge is 0.457 e. The third-order valence-electron chi connectivity index (χ3n) is 4.16. The first-order valence-corrected chi connectivity index (χ1v) is 8.14. The van der Waals surface area contributed by atoms with E-state index >= 15 is 0 Å². The van der Waals surface area contributed by atoms with Crippen LogP contribution in [0.15, 0.2) is 48.5 Å². The van der Waals surface area contributed by atoms with Crippen molar-refractivity contribution < 1.29 is 19.1 Å². The van der Waals surface area contributed by atoms with Gasteiger partial charge in [-0.2, -0.15) is 5.26 Å². The van der Waals surface area contributed by atoms with E-state index in [4.69, 9.17) is 10.00 Å². The zero-order valence-corrected chi connectivity index (χ0v) is 13.9. The average molecular weight is 348 g/mol. The highest BCUT2D eigenvalue weighted by Gasteiger charge is 2.30. The lowest BCUT2D eigenvalue weighted by Crippen LogP contribution is -2.22. The van der Waals surface area contributed by atoms with Crippen LogP contribution in [0.3, 0.4) is 0 Å².